The van der Waals surface area contributed by atoms with Crippen LogP contribution in [0.15, 0.2) is 46.7 Å². The number of hydrogen-bond donors (Lipinski definition) is 1. The van der Waals surface area contributed by atoms with Gasteiger partial charge in [-0.15, -0.1) is 11.3 Å². The highest BCUT2D eigenvalue weighted by molar-refractivity contribution is 7.89. The molecule has 2 heterocycles. The van der Waals surface area contributed by atoms with Gasteiger partial charge >= 0.3 is 0 Å². The molecule has 1 atom stereocenters. The van der Waals surface area contributed by atoms with Crippen LogP contribution in [0.5, 0.6) is 0 Å². The summed E-state index contributed by atoms with van der Waals surface area (Å²) in [5.74, 6) is -1.55. The number of methoxy groups -OCH3 is 2. The SMILES string of the molecule is COC(CN(C(=O)c1cccs1)C1CC(=O)N(c2ccc(S(N)(=O)=O)cc2)C1=O)OC. The third-order valence-corrected chi connectivity index (χ3v) is 6.57. The Balaban J connectivity index is 1.91. The summed E-state index contributed by atoms with van der Waals surface area (Å²) in [6.45, 7) is -0.0639. The fourth-order valence-electron chi connectivity index (χ4n) is 3.21. The number of primary sulfonamides is 1. The lowest BCUT2D eigenvalue weighted by Crippen LogP contribution is -2.49. The molecule has 2 aromatic rings. The second-order valence-electron chi connectivity index (χ2n) is 6.66. The second kappa shape index (κ2) is 9.24. The van der Waals surface area contributed by atoms with E-state index in [1.54, 1.807) is 17.5 Å². The number of benzene rings is 1. The van der Waals surface area contributed by atoms with Gasteiger partial charge in [0.05, 0.1) is 28.4 Å². The minimum absolute atomic E-state index is 0.0639. The van der Waals surface area contributed by atoms with Crippen LogP contribution in [0.2, 0.25) is 0 Å². The summed E-state index contributed by atoms with van der Waals surface area (Å²) < 4.78 is 33.3. The Bertz CT molecular complexity index is 1060. The number of carbonyl (C=O) groups is 3. The fraction of sp³-hybridized carbons (Fsp3) is 0.316. The molecule has 0 bridgehead atoms. The first kappa shape index (κ1) is 23.0. The third-order valence-electron chi connectivity index (χ3n) is 4.79. The zero-order valence-corrected chi connectivity index (χ0v) is 18.4. The summed E-state index contributed by atoms with van der Waals surface area (Å²) in [5, 5.41) is 6.82. The molecule has 0 aliphatic carbocycles. The molecule has 166 valence electrons. The fourth-order valence-corrected chi connectivity index (χ4v) is 4.41. The van der Waals surface area contributed by atoms with E-state index in [0.717, 1.165) is 4.90 Å². The van der Waals surface area contributed by atoms with Crippen molar-refractivity contribution in [1.82, 2.24) is 4.90 Å². The van der Waals surface area contributed by atoms with Gasteiger partial charge < -0.3 is 14.4 Å². The number of nitrogens with zero attached hydrogens (tertiary/aromatic N) is 2. The number of hydrogen-bond acceptors (Lipinski definition) is 8. The number of anilines is 1. The Labute approximate surface area is 183 Å². The van der Waals surface area contributed by atoms with Gasteiger partial charge in [0.1, 0.15) is 6.04 Å². The van der Waals surface area contributed by atoms with Crippen molar-refractivity contribution in [1.29, 1.82) is 0 Å². The van der Waals surface area contributed by atoms with Crippen molar-refractivity contribution < 1.29 is 32.3 Å². The van der Waals surface area contributed by atoms with Gasteiger partial charge in [-0.2, -0.15) is 0 Å². The molecule has 1 unspecified atom stereocenters. The van der Waals surface area contributed by atoms with Gasteiger partial charge in [-0.05, 0) is 35.7 Å². The quantitative estimate of drug-likeness (QED) is 0.448. The number of nitrogens with two attached hydrogens (primary N) is 1. The average Bonchev–Trinajstić information content (AvgIpc) is 3.36. The Hall–Kier alpha value is -2.64. The van der Waals surface area contributed by atoms with E-state index in [0.29, 0.717) is 4.88 Å². The van der Waals surface area contributed by atoms with Crippen molar-refractivity contribution in [2.45, 2.75) is 23.6 Å². The molecule has 12 heteroatoms. The molecule has 2 N–H and O–H groups in total. The standard InChI is InChI=1S/C19H21N3O7S2/c1-28-17(29-2)11-21(19(25)15-4-3-9-30-15)14-10-16(23)22(18(14)24)12-5-7-13(8-6-12)31(20,26)27/h3-9,14,17H,10-11H2,1-2H3,(H2,20,26,27). The highest BCUT2D eigenvalue weighted by atomic mass is 32.2. The minimum Gasteiger partial charge on any atom is -0.354 e. The van der Waals surface area contributed by atoms with Crippen LogP contribution in [0.3, 0.4) is 0 Å². The molecule has 3 rings (SSSR count). The number of sulfonamides is 1. The van der Waals surface area contributed by atoms with Gasteiger partial charge in [0.15, 0.2) is 6.29 Å². The van der Waals surface area contributed by atoms with E-state index in [9.17, 15) is 22.8 Å². The molecule has 10 nitrogen and oxygen atoms in total. The Kier molecular flexibility index (Phi) is 6.86. The van der Waals surface area contributed by atoms with Gasteiger partial charge in [-0.1, -0.05) is 6.07 Å². The third kappa shape index (κ3) is 4.83. The van der Waals surface area contributed by atoms with Gasteiger partial charge in [0, 0.05) is 14.2 Å². The smallest absolute Gasteiger partial charge is 0.264 e. The van der Waals surface area contributed by atoms with Crippen molar-refractivity contribution in [3.8, 4) is 0 Å². The highest BCUT2D eigenvalue weighted by Gasteiger charge is 2.45. The van der Waals surface area contributed by atoms with E-state index in [1.807, 2.05) is 0 Å². The number of rotatable bonds is 8. The number of thiophene rings is 1. The van der Waals surface area contributed by atoms with Crippen molar-refractivity contribution in [3.05, 3.63) is 46.7 Å². The number of imide groups is 1. The van der Waals surface area contributed by atoms with Gasteiger partial charge in [-0.3, -0.25) is 14.4 Å². The number of carbonyl (C=O) groups excluding carboxylic acids is 3. The van der Waals surface area contributed by atoms with Crippen molar-refractivity contribution >= 4 is 44.8 Å². The largest absolute Gasteiger partial charge is 0.354 e. The normalized spacial score (nSPS) is 16.9. The molecule has 0 spiro atoms. The van der Waals surface area contributed by atoms with Crippen LogP contribution >= 0.6 is 11.3 Å². The Morgan fingerprint density at radius 3 is 2.39 bits per heavy atom. The molecule has 0 radical (unpaired) electrons. The van der Waals surface area contributed by atoms with E-state index in [2.05, 4.69) is 0 Å². The van der Waals surface area contributed by atoms with Crippen LogP contribution in [-0.2, 0) is 29.1 Å². The van der Waals surface area contributed by atoms with Crippen LogP contribution in [-0.4, -0.2) is 64.1 Å². The van der Waals surface area contributed by atoms with Gasteiger partial charge in [-0.25, -0.2) is 18.5 Å². The summed E-state index contributed by atoms with van der Waals surface area (Å²) in [5.41, 5.74) is 0.184. The number of amides is 3. The first-order chi connectivity index (χ1) is 14.7. The van der Waals surface area contributed by atoms with Crippen LogP contribution in [0.25, 0.3) is 0 Å². The summed E-state index contributed by atoms with van der Waals surface area (Å²) in [7, 11) is -1.11. The lowest BCUT2D eigenvalue weighted by molar-refractivity contribution is -0.128. The van der Waals surface area contributed by atoms with E-state index >= 15 is 0 Å². The molecular weight excluding hydrogens is 446 g/mol. The van der Waals surface area contributed by atoms with E-state index in [4.69, 9.17) is 14.6 Å². The summed E-state index contributed by atoms with van der Waals surface area (Å²) in [6.07, 6.45) is -1.03. The second-order valence-corrected chi connectivity index (χ2v) is 9.17. The zero-order chi connectivity index (χ0) is 22.8. The predicted octanol–water partition coefficient (Wildman–Crippen LogP) is 0.789. The summed E-state index contributed by atoms with van der Waals surface area (Å²) in [4.78, 5) is 41.4. The molecule has 31 heavy (non-hydrogen) atoms. The first-order valence-electron chi connectivity index (χ1n) is 9.07. The number of ether oxygens (including phenoxy) is 2. The molecule has 1 aliphatic rings. The molecule has 1 fully saturated rings. The van der Waals surface area contributed by atoms with Crippen LogP contribution < -0.4 is 10.0 Å². The molecular formula is C19H21N3O7S2. The first-order valence-corrected chi connectivity index (χ1v) is 11.5. The molecule has 1 aromatic heterocycles. The van der Waals surface area contributed by atoms with Crippen molar-refractivity contribution in [2.75, 3.05) is 25.7 Å². The molecule has 1 saturated heterocycles. The van der Waals surface area contributed by atoms with Crippen LogP contribution in [0.1, 0.15) is 16.1 Å². The summed E-state index contributed by atoms with van der Waals surface area (Å²) in [6, 6.07) is 7.32. The zero-order valence-electron chi connectivity index (χ0n) is 16.8. The lowest BCUT2D eigenvalue weighted by Gasteiger charge is -2.29. The Morgan fingerprint density at radius 1 is 1.23 bits per heavy atom. The van der Waals surface area contributed by atoms with Crippen LogP contribution in [0, 0.1) is 0 Å². The van der Waals surface area contributed by atoms with E-state index in [-0.39, 0.29) is 23.5 Å². The van der Waals surface area contributed by atoms with E-state index in [1.165, 1.54) is 54.7 Å². The van der Waals surface area contributed by atoms with Gasteiger partial charge in [0.2, 0.25) is 15.9 Å². The topological polar surface area (TPSA) is 136 Å². The van der Waals surface area contributed by atoms with Crippen LogP contribution in [0.4, 0.5) is 5.69 Å². The molecule has 0 saturated carbocycles. The average molecular weight is 468 g/mol. The molecule has 1 aromatic carbocycles. The van der Waals surface area contributed by atoms with Gasteiger partial charge in [0.25, 0.3) is 11.8 Å². The monoisotopic (exact) mass is 467 g/mol. The maximum atomic E-state index is 13.2. The molecule has 1 aliphatic heterocycles. The van der Waals surface area contributed by atoms with Crippen molar-refractivity contribution in [3.63, 3.8) is 0 Å². The predicted molar refractivity (Wildman–Crippen MR) is 112 cm³/mol. The summed E-state index contributed by atoms with van der Waals surface area (Å²) >= 11 is 1.21. The maximum Gasteiger partial charge on any atom is 0.264 e. The lowest BCUT2D eigenvalue weighted by atomic mass is 10.2. The minimum atomic E-state index is -3.92. The molecule has 3 amide bonds. The van der Waals surface area contributed by atoms with Crippen molar-refractivity contribution in [2.24, 2.45) is 5.14 Å². The highest BCUT2D eigenvalue weighted by Crippen LogP contribution is 2.28. The van der Waals surface area contributed by atoms with E-state index < -0.39 is 40.1 Å². The maximum absolute atomic E-state index is 13.2. The Morgan fingerprint density at radius 2 is 1.87 bits per heavy atom.